The van der Waals surface area contributed by atoms with Crippen LogP contribution in [0.25, 0.3) is 16.2 Å². The average Bonchev–Trinajstić information content (AvgIpc) is 3.12. The van der Waals surface area contributed by atoms with Gasteiger partial charge in [-0.3, -0.25) is 10.1 Å². The van der Waals surface area contributed by atoms with Crippen LogP contribution in [-0.4, -0.2) is 47.4 Å². The summed E-state index contributed by atoms with van der Waals surface area (Å²) < 4.78 is 11.8. The maximum Gasteiger partial charge on any atom is 0.252 e. The molecular weight excluding hydrogens is 328 g/mol. The van der Waals surface area contributed by atoms with E-state index in [4.69, 9.17) is 9.47 Å². The third-order valence-corrected chi connectivity index (χ3v) is 4.16. The van der Waals surface area contributed by atoms with Gasteiger partial charge in [0.05, 0.1) is 18.9 Å². The van der Waals surface area contributed by atoms with E-state index in [0.717, 1.165) is 16.2 Å². The highest BCUT2D eigenvalue weighted by Gasteiger charge is 2.13. The molecule has 126 valence electrons. The molecule has 1 aromatic carbocycles. The first-order valence-corrected chi connectivity index (χ1v) is 8.33. The second kappa shape index (κ2) is 7.52. The van der Waals surface area contributed by atoms with Gasteiger partial charge >= 0.3 is 0 Å². The standard InChI is InChI=1S/C16H18N4O3S/c1-11-3-5-12(6-4-11)13-10-24-16-18-15(19-20(13)16)17-14(21)9-23-8-7-22-2/h3-6,10H,7-9H2,1-2H3,(H,17,19,21). The number of carbonyl (C=O) groups excluding carboxylic acids is 1. The minimum atomic E-state index is -0.291. The number of aromatic nitrogens is 3. The van der Waals surface area contributed by atoms with Gasteiger partial charge in [-0.05, 0) is 6.92 Å². The van der Waals surface area contributed by atoms with E-state index in [1.807, 2.05) is 24.4 Å². The highest BCUT2D eigenvalue weighted by Crippen LogP contribution is 2.26. The molecule has 0 radical (unpaired) electrons. The number of carbonyl (C=O) groups is 1. The van der Waals surface area contributed by atoms with Crippen LogP contribution in [0, 0.1) is 6.92 Å². The average molecular weight is 346 g/mol. The van der Waals surface area contributed by atoms with Crippen LogP contribution in [0.3, 0.4) is 0 Å². The van der Waals surface area contributed by atoms with Crippen LogP contribution >= 0.6 is 11.3 Å². The first-order valence-electron chi connectivity index (χ1n) is 7.45. The fourth-order valence-corrected chi connectivity index (χ4v) is 2.96. The molecule has 8 heteroatoms. The van der Waals surface area contributed by atoms with Gasteiger partial charge in [0.15, 0.2) is 0 Å². The van der Waals surface area contributed by atoms with Crippen LogP contribution in [0.5, 0.6) is 0 Å². The predicted molar refractivity (Wildman–Crippen MR) is 92.4 cm³/mol. The third kappa shape index (κ3) is 3.78. The molecule has 0 fully saturated rings. The molecular formula is C16H18N4O3S. The molecule has 0 bridgehead atoms. The molecule has 0 aliphatic heterocycles. The number of fused-ring (bicyclic) bond motifs is 1. The number of amides is 1. The lowest BCUT2D eigenvalue weighted by molar-refractivity contribution is -0.121. The topological polar surface area (TPSA) is 77.8 Å². The summed E-state index contributed by atoms with van der Waals surface area (Å²) in [6.45, 7) is 2.81. The van der Waals surface area contributed by atoms with Crippen LogP contribution < -0.4 is 5.32 Å². The number of hydrogen-bond donors (Lipinski definition) is 1. The Morgan fingerprint density at radius 1 is 1.29 bits per heavy atom. The zero-order chi connectivity index (χ0) is 16.9. The second-order valence-corrected chi connectivity index (χ2v) is 6.05. The van der Waals surface area contributed by atoms with Gasteiger partial charge in [-0.25, -0.2) is 4.52 Å². The van der Waals surface area contributed by atoms with Crippen molar-refractivity contribution in [3.05, 3.63) is 35.2 Å². The summed E-state index contributed by atoms with van der Waals surface area (Å²) in [7, 11) is 1.58. The van der Waals surface area contributed by atoms with Crippen molar-refractivity contribution in [1.82, 2.24) is 14.6 Å². The van der Waals surface area contributed by atoms with E-state index in [2.05, 4.69) is 27.5 Å². The van der Waals surface area contributed by atoms with Crippen LogP contribution in [0.4, 0.5) is 5.95 Å². The summed E-state index contributed by atoms with van der Waals surface area (Å²) in [4.78, 5) is 16.8. The highest BCUT2D eigenvalue weighted by atomic mass is 32.1. The summed E-state index contributed by atoms with van der Waals surface area (Å²) >= 11 is 1.48. The number of hydrogen-bond acceptors (Lipinski definition) is 6. The van der Waals surface area contributed by atoms with Crippen molar-refractivity contribution in [1.29, 1.82) is 0 Å². The molecule has 0 atom stereocenters. The van der Waals surface area contributed by atoms with Crippen molar-refractivity contribution < 1.29 is 14.3 Å². The number of thiazole rings is 1. The summed E-state index contributed by atoms with van der Waals surface area (Å²) in [5, 5.41) is 9.00. The van der Waals surface area contributed by atoms with Gasteiger partial charge in [-0.2, -0.15) is 4.98 Å². The Bertz CT molecular complexity index is 826. The first kappa shape index (κ1) is 16.6. The summed E-state index contributed by atoms with van der Waals surface area (Å²) in [6.07, 6.45) is 0. The van der Waals surface area contributed by atoms with Crippen molar-refractivity contribution in [2.24, 2.45) is 0 Å². The molecule has 2 heterocycles. The number of benzene rings is 1. The molecule has 0 unspecified atom stereocenters. The van der Waals surface area contributed by atoms with E-state index in [9.17, 15) is 4.79 Å². The van der Waals surface area contributed by atoms with Gasteiger partial charge in [0.25, 0.3) is 11.9 Å². The second-order valence-electron chi connectivity index (χ2n) is 5.21. The van der Waals surface area contributed by atoms with Gasteiger partial charge in [-0.1, -0.05) is 29.8 Å². The zero-order valence-electron chi connectivity index (χ0n) is 13.5. The smallest absolute Gasteiger partial charge is 0.252 e. The number of nitrogens with one attached hydrogen (secondary N) is 1. The molecule has 0 saturated heterocycles. The van der Waals surface area contributed by atoms with Gasteiger partial charge < -0.3 is 9.47 Å². The number of methoxy groups -OCH3 is 1. The van der Waals surface area contributed by atoms with Crippen molar-refractivity contribution in [2.45, 2.75) is 6.92 Å². The molecule has 0 aliphatic carbocycles. The van der Waals surface area contributed by atoms with E-state index >= 15 is 0 Å². The van der Waals surface area contributed by atoms with E-state index in [1.54, 1.807) is 11.6 Å². The molecule has 0 aliphatic rings. The lowest BCUT2D eigenvalue weighted by Gasteiger charge is -2.02. The minimum absolute atomic E-state index is 0.0545. The van der Waals surface area contributed by atoms with Crippen molar-refractivity contribution >= 4 is 28.2 Å². The summed E-state index contributed by atoms with van der Waals surface area (Å²) in [6, 6.07) is 8.19. The van der Waals surface area contributed by atoms with E-state index in [-0.39, 0.29) is 18.5 Å². The van der Waals surface area contributed by atoms with Gasteiger partial charge in [0.1, 0.15) is 6.61 Å². The number of ether oxygens (including phenoxy) is 2. The van der Waals surface area contributed by atoms with Crippen LogP contribution in [0.15, 0.2) is 29.6 Å². The molecule has 3 rings (SSSR count). The van der Waals surface area contributed by atoms with Crippen LogP contribution in [0.2, 0.25) is 0 Å². The Balaban J connectivity index is 1.70. The Morgan fingerprint density at radius 3 is 2.83 bits per heavy atom. The molecule has 1 amide bonds. The lowest BCUT2D eigenvalue weighted by atomic mass is 10.1. The Kier molecular flexibility index (Phi) is 5.19. The van der Waals surface area contributed by atoms with E-state index < -0.39 is 0 Å². The highest BCUT2D eigenvalue weighted by molar-refractivity contribution is 7.15. The number of anilines is 1. The van der Waals surface area contributed by atoms with E-state index in [0.29, 0.717) is 13.2 Å². The fourth-order valence-electron chi connectivity index (χ4n) is 2.12. The largest absolute Gasteiger partial charge is 0.382 e. The number of aryl methyl sites for hydroxylation is 1. The Labute approximate surface area is 143 Å². The van der Waals surface area contributed by atoms with Gasteiger partial charge in [-0.15, -0.1) is 16.4 Å². The van der Waals surface area contributed by atoms with Crippen molar-refractivity contribution in [3.8, 4) is 11.3 Å². The fraction of sp³-hybridized carbons (Fsp3) is 0.312. The minimum Gasteiger partial charge on any atom is -0.382 e. The first-order chi connectivity index (χ1) is 11.7. The Morgan fingerprint density at radius 2 is 2.08 bits per heavy atom. The molecule has 7 nitrogen and oxygen atoms in total. The van der Waals surface area contributed by atoms with Crippen LogP contribution in [0.1, 0.15) is 5.56 Å². The summed E-state index contributed by atoms with van der Waals surface area (Å²) in [5.74, 6) is -0.0169. The quantitative estimate of drug-likeness (QED) is 0.665. The van der Waals surface area contributed by atoms with Gasteiger partial charge in [0, 0.05) is 18.1 Å². The molecule has 0 spiro atoms. The lowest BCUT2D eigenvalue weighted by Crippen LogP contribution is -2.20. The maximum atomic E-state index is 11.8. The van der Waals surface area contributed by atoms with Crippen LogP contribution in [-0.2, 0) is 14.3 Å². The monoisotopic (exact) mass is 346 g/mol. The third-order valence-electron chi connectivity index (χ3n) is 3.35. The predicted octanol–water partition coefficient (Wildman–Crippen LogP) is 2.37. The Hall–Kier alpha value is -2.29. The summed E-state index contributed by atoms with van der Waals surface area (Å²) in [5.41, 5.74) is 3.20. The number of nitrogens with zero attached hydrogens (tertiary/aromatic N) is 3. The molecule has 0 saturated carbocycles. The van der Waals surface area contributed by atoms with E-state index in [1.165, 1.54) is 16.9 Å². The normalized spacial score (nSPS) is 11.1. The molecule has 3 aromatic rings. The molecule has 1 N–H and O–H groups in total. The SMILES string of the molecule is COCCOCC(=O)Nc1nc2scc(-c3ccc(C)cc3)n2n1. The zero-order valence-corrected chi connectivity index (χ0v) is 14.3. The molecule has 2 aromatic heterocycles. The van der Waals surface area contributed by atoms with Crippen molar-refractivity contribution in [2.75, 3.05) is 32.2 Å². The molecule has 24 heavy (non-hydrogen) atoms. The number of rotatable bonds is 7. The van der Waals surface area contributed by atoms with Crippen molar-refractivity contribution in [3.63, 3.8) is 0 Å². The maximum absolute atomic E-state index is 11.8. The van der Waals surface area contributed by atoms with Gasteiger partial charge in [0.2, 0.25) is 4.96 Å².